The van der Waals surface area contributed by atoms with Crippen LogP contribution < -0.4 is 0 Å². The molecule has 20 heavy (non-hydrogen) atoms. The Kier molecular flexibility index (Phi) is 6.56. The highest BCUT2D eigenvalue weighted by molar-refractivity contribution is 5.82. The Morgan fingerprint density at radius 1 is 1.40 bits per heavy atom. The van der Waals surface area contributed by atoms with E-state index in [4.69, 9.17) is 4.74 Å². The molecule has 0 saturated carbocycles. The fourth-order valence-corrected chi connectivity index (χ4v) is 1.97. The summed E-state index contributed by atoms with van der Waals surface area (Å²) in [5, 5.41) is 0. The van der Waals surface area contributed by atoms with E-state index in [2.05, 4.69) is 11.3 Å². The van der Waals surface area contributed by atoms with Crippen molar-refractivity contribution >= 4 is 12.1 Å². The molecule has 0 N–H and O–H groups in total. The number of ether oxygens (including phenoxy) is 2. The minimum Gasteiger partial charge on any atom is -0.467 e. The van der Waals surface area contributed by atoms with Crippen LogP contribution in [0.4, 0.5) is 4.79 Å². The van der Waals surface area contributed by atoms with Gasteiger partial charge in [0.05, 0.1) is 7.11 Å². The van der Waals surface area contributed by atoms with Crippen LogP contribution in [0.3, 0.4) is 0 Å². The van der Waals surface area contributed by atoms with Gasteiger partial charge in [0.2, 0.25) is 0 Å². The van der Waals surface area contributed by atoms with E-state index in [1.165, 1.54) is 12.0 Å². The lowest BCUT2D eigenvalue weighted by atomic mass is 10.2. The van der Waals surface area contributed by atoms with Crippen LogP contribution in [0.25, 0.3) is 0 Å². The van der Waals surface area contributed by atoms with Crippen LogP contribution in [0.1, 0.15) is 19.8 Å². The molecule has 1 rings (SSSR count). The second-order valence-corrected chi connectivity index (χ2v) is 4.56. The molecule has 0 aromatic carbocycles. The molecule has 1 saturated heterocycles. The molecule has 0 spiro atoms. The van der Waals surface area contributed by atoms with Crippen LogP contribution in [-0.4, -0.2) is 43.3 Å². The fraction of sp³-hybridized carbons (Fsp3) is 0.467. The molecule has 1 aliphatic heterocycles. The average Bonchev–Trinajstić information content (AvgIpc) is 2.93. The van der Waals surface area contributed by atoms with Crippen molar-refractivity contribution in [1.82, 2.24) is 4.90 Å². The lowest BCUT2D eigenvalue weighted by molar-refractivity contribution is -0.145. The highest BCUT2D eigenvalue weighted by atomic mass is 16.6. The molecular weight excluding hydrogens is 258 g/mol. The first-order valence-electron chi connectivity index (χ1n) is 6.56. The fourth-order valence-electron chi connectivity index (χ4n) is 1.97. The van der Waals surface area contributed by atoms with Gasteiger partial charge in [-0.05, 0) is 25.3 Å². The number of rotatable bonds is 5. The third-order valence-corrected chi connectivity index (χ3v) is 3.01. The van der Waals surface area contributed by atoms with E-state index in [1.54, 1.807) is 12.2 Å². The van der Waals surface area contributed by atoms with E-state index in [9.17, 15) is 9.59 Å². The number of hydrogen-bond donors (Lipinski definition) is 0. The van der Waals surface area contributed by atoms with E-state index in [-0.39, 0.29) is 12.6 Å². The first-order chi connectivity index (χ1) is 9.60. The van der Waals surface area contributed by atoms with Crippen molar-refractivity contribution in [2.75, 3.05) is 20.3 Å². The molecule has 1 amide bonds. The molecular formula is C15H21NO4. The van der Waals surface area contributed by atoms with Gasteiger partial charge in [-0.2, -0.15) is 0 Å². The summed E-state index contributed by atoms with van der Waals surface area (Å²) in [5.74, 6) is -0.388. The molecule has 0 aliphatic carbocycles. The monoisotopic (exact) mass is 279 g/mol. The van der Waals surface area contributed by atoms with E-state index in [0.29, 0.717) is 13.0 Å². The van der Waals surface area contributed by atoms with Crippen molar-refractivity contribution in [1.29, 1.82) is 0 Å². The zero-order chi connectivity index (χ0) is 15.0. The van der Waals surface area contributed by atoms with E-state index >= 15 is 0 Å². The lowest BCUT2D eigenvalue weighted by Gasteiger charge is -2.21. The Bertz CT molecular complexity index is 426. The van der Waals surface area contributed by atoms with Gasteiger partial charge in [-0.1, -0.05) is 30.9 Å². The maximum Gasteiger partial charge on any atom is 0.410 e. The number of esters is 1. The summed E-state index contributed by atoms with van der Waals surface area (Å²) in [6.07, 6.45) is 8.06. The predicted molar refractivity (Wildman–Crippen MR) is 76.2 cm³/mol. The van der Waals surface area contributed by atoms with E-state index in [0.717, 1.165) is 12.0 Å². The number of likely N-dealkylation sites (tertiary alicyclic amines) is 1. The van der Waals surface area contributed by atoms with Gasteiger partial charge in [-0.15, -0.1) is 0 Å². The quantitative estimate of drug-likeness (QED) is 0.573. The molecule has 1 heterocycles. The lowest BCUT2D eigenvalue weighted by Crippen LogP contribution is -2.41. The summed E-state index contributed by atoms with van der Waals surface area (Å²) < 4.78 is 9.88. The Labute approximate surface area is 119 Å². The van der Waals surface area contributed by atoms with Crippen molar-refractivity contribution in [2.24, 2.45) is 0 Å². The molecule has 1 fully saturated rings. The number of amides is 1. The first kappa shape index (κ1) is 16.0. The first-order valence-corrected chi connectivity index (χ1v) is 6.56. The summed E-state index contributed by atoms with van der Waals surface area (Å²) in [6.45, 7) is 6.15. The molecule has 0 radical (unpaired) electrons. The average molecular weight is 279 g/mol. The molecule has 1 aliphatic rings. The summed E-state index contributed by atoms with van der Waals surface area (Å²) >= 11 is 0. The predicted octanol–water partition coefficient (Wildman–Crippen LogP) is 2.45. The van der Waals surface area contributed by atoms with Crippen LogP contribution >= 0.6 is 0 Å². The van der Waals surface area contributed by atoms with Crippen LogP contribution in [0, 0.1) is 0 Å². The van der Waals surface area contributed by atoms with Crippen LogP contribution in [0.15, 0.2) is 36.5 Å². The minimum atomic E-state index is -0.516. The van der Waals surface area contributed by atoms with Gasteiger partial charge in [0.15, 0.2) is 0 Å². The van der Waals surface area contributed by atoms with Gasteiger partial charge >= 0.3 is 12.1 Å². The van der Waals surface area contributed by atoms with Crippen molar-refractivity contribution in [3.05, 3.63) is 36.5 Å². The number of carbonyl (C=O) groups excluding carboxylic acids is 2. The summed E-state index contributed by atoms with van der Waals surface area (Å²) in [5.41, 5.74) is 0.908. The smallest absolute Gasteiger partial charge is 0.410 e. The highest BCUT2D eigenvalue weighted by Gasteiger charge is 2.35. The van der Waals surface area contributed by atoms with Gasteiger partial charge in [0.25, 0.3) is 0 Å². The molecule has 110 valence electrons. The molecule has 0 bridgehead atoms. The number of methoxy groups -OCH3 is 1. The molecule has 1 atom stereocenters. The third kappa shape index (κ3) is 4.57. The normalized spacial score (nSPS) is 19.2. The Balaban J connectivity index is 2.50. The topological polar surface area (TPSA) is 55.8 Å². The van der Waals surface area contributed by atoms with Crippen molar-refractivity contribution in [2.45, 2.75) is 25.8 Å². The standard InChI is InChI=1S/C15H21NO4/c1-4-5-6-8-12(2)11-20-15(18)16-10-7-9-13(16)14(17)19-3/h4-6,8,13H,1,7,9-11H2,2-3H3/b6-5-,12-8+. The Morgan fingerprint density at radius 3 is 2.80 bits per heavy atom. The SMILES string of the molecule is C=C/C=C\C=C(/C)COC(=O)N1CCCC1C(=O)OC. The van der Waals surface area contributed by atoms with Crippen molar-refractivity contribution in [3.63, 3.8) is 0 Å². The van der Waals surface area contributed by atoms with Gasteiger partial charge in [-0.3, -0.25) is 4.90 Å². The molecule has 5 nitrogen and oxygen atoms in total. The summed E-state index contributed by atoms with van der Waals surface area (Å²) in [7, 11) is 1.32. The maximum absolute atomic E-state index is 11.9. The van der Waals surface area contributed by atoms with Crippen LogP contribution in [0.5, 0.6) is 0 Å². The maximum atomic E-state index is 11.9. The number of carbonyl (C=O) groups is 2. The summed E-state index contributed by atoms with van der Waals surface area (Å²) in [4.78, 5) is 24.9. The molecule has 0 aromatic heterocycles. The molecule has 0 aromatic rings. The zero-order valence-electron chi connectivity index (χ0n) is 12.0. The van der Waals surface area contributed by atoms with Gasteiger partial charge in [0.1, 0.15) is 12.6 Å². The third-order valence-electron chi connectivity index (χ3n) is 3.01. The minimum absolute atomic E-state index is 0.199. The van der Waals surface area contributed by atoms with Gasteiger partial charge < -0.3 is 9.47 Å². The van der Waals surface area contributed by atoms with Gasteiger partial charge in [-0.25, -0.2) is 9.59 Å². The van der Waals surface area contributed by atoms with Crippen molar-refractivity contribution in [3.8, 4) is 0 Å². The van der Waals surface area contributed by atoms with Crippen LogP contribution in [0.2, 0.25) is 0 Å². The van der Waals surface area contributed by atoms with Gasteiger partial charge in [0, 0.05) is 6.54 Å². The summed E-state index contributed by atoms with van der Waals surface area (Å²) in [6, 6.07) is -0.516. The number of nitrogens with zero attached hydrogens (tertiary/aromatic N) is 1. The van der Waals surface area contributed by atoms with E-state index < -0.39 is 12.1 Å². The van der Waals surface area contributed by atoms with Crippen LogP contribution in [-0.2, 0) is 14.3 Å². The number of hydrogen-bond acceptors (Lipinski definition) is 4. The Hall–Kier alpha value is -2.04. The molecule has 5 heteroatoms. The second-order valence-electron chi connectivity index (χ2n) is 4.56. The van der Waals surface area contributed by atoms with E-state index in [1.807, 2.05) is 19.1 Å². The highest BCUT2D eigenvalue weighted by Crippen LogP contribution is 2.19. The largest absolute Gasteiger partial charge is 0.467 e. The molecule has 1 unspecified atom stereocenters. The number of allylic oxidation sites excluding steroid dienone is 4. The van der Waals surface area contributed by atoms with Crippen molar-refractivity contribution < 1.29 is 19.1 Å². The zero-order valence-corrected chi connectivity index (χ0v) is 12.0. The Morgan fingerprint density at radius 2 is 2.15 bits per heavy atom. The second kappa shape index (κ2) is 8.19.